The van der Waals surface area contributed by atoms with Gasteiger partial charge < -0.3 is 10.4 Å². The molecule has 1 aromatic rings. The minimum atomic E-state index is -1.16. The second-order valence-corrected chi connectivity index (χ2v) is 3.02. The van der Waals surface area contributed by atoms with E-state index in [0.717, 1.165) is 0 Å². The summed E-state index contributed by atoms with van der Waals surface area (Å²) in [4.78, 5) is 20.3. The molecule has 0 aliphatic carbocycles. The van der Waals surface area contributed by atoms with Crippen molar-refractivity contribution in [1.82, 2.24) is 5.32 Å². The first-order valence-electron chi connectivity index (χ1n) is 4.24. The molecule has 0 saturated carbocycles. The maximum atomic E-state index is 10.5. The number of non-ortho nitro benzene ring substituents is 1. The third-order valence-corrected chi connectivity index (χ3v) is 1.92. The van der Waals surface area contributed by atoms with Gasteiger partial charge in [0.1, 0.15) is 0 Å². The zero-order chi connectivity index (χ0) is 11.4. The van der Waals surface area contributed by atoms with Crippen molar-refractivity contribution in [3.05, 3.63) is 39.9 Å². The third-order valence-electron chi connectivity index (χ3n) is 1.92. The summed E-state index contributed by atoms with van der Waals surface area (Å²) in [5, 5.41) is 21.2. The van der Waals surface area contributed by atoms with Crippen LogP contribution in [0.1, 0.15) is 18.5 Å². The Morgan fingerprint density at radius 1 is 1.60 bits per heavy atom. The predicted molar refractivity (Wildman–Crippen MR) is 52.7 cm³/mol. The molecule has 6 heteroatoms. The molecule has 0 aliphatic heterocycles. The van der Waals surface area contributed by atoms with Gasteiger partial charge in [0.25, 0.3) is 5.69 Å². The predicted octanol–water partition coefficient (Wildman–Crippen LogP) is 1.92. The molecule has 1 rings (SSSR count). The molecular weight excluding hydrogens is 200 g/mol. The summed E-state index contributed by atoms with van der Waals surface area (Å²) in [6.45, 7) is 1.62. The molecule has 0 bridgehead atoms. The van der Waals surface area contributed by atoms with Crippen LogP contribution in [0.25, 0.3) is 0 Å². The fourth-order valence-corrected chi connectivity index (χ4v) is 1.18. The van der Waals surface area contributed by atoms with Crippen molar-refractivity contribution in [3.63, 3.8) is 0 Å². The van der Waals surface area contributed by atoms with Gasteiger partial charge in [-0.25, -0.2) is 4.79 Å². The molecule has 0 unspecified atom stereocenters. The van der Waals surface area contributed by atoms with Crippen LogP contribution >= 0.6 is 0 Å². The quantitative estimate of drug-likeness (QED) is 0.588. The summed E-state index contributed by atoms with van der Waals surface area (Å²) in [5.74, 6) is 0. The van der Waals surface area contributed by atoms with Crippen molar-refractivity contribution in [2.75, 3.05) is 0 Å². The highest BCUT2D eigenvalue weighted by molar-refractivity contribution is 5.65. The highest BCUT2D eigenvalue weighted by Crippen LogP contribution is 2.18. The lowest BCUT2D eigenvalue weighted by Crippen LogP contribution is -2.24. The summed E-state index contributed by atoms with van der Waals surface area (Å²) in [6, 6.07) is 5.39. The van der Waals surface area contributed by atoms with Crippen molar-refractivity contribution in [1.29, 1.82) is 0 Å². The Hall–Kier alpha value is -2.11. The van der Waals surface area contributed by atoms with Crippen molar-refractivity contribution in [2.45, 2.75) is 13.0 Å². The zero-order valence-electron chi connectivity index (χ0n) is 8.01. The lowest BCUT2D eigenvalue weighted by Gasteiger charge is -2.10. The monoisotopic (exact) mass is 210 g/mol. The maximum Gasteiger partial charge on any atom is 0.405 e. The first-order valence-corrected chi connectivity index (χ1v) is 4.24. The molecule has 1 amide bonds. The Morgan fingerprint density at radius 2 is 2.27 bits per heavy atom. The van der Waals surface area contributed by atoms with Gasteiger partial charge in [0, 0.05) is 12.1 Å². The summed E-state index contributed by atoms with van der Waals surface area (Å²) < 4.78 is 0. The number of carbonyl (C=O) groups is 1. The number of benzene rings is 1. The van der Waals surface area contributed by atoms with Gasteiger partial charge in [0.15, 0.2) is 0 Å². The molecule has 0 fully saturated rings. The lowest BCUT2D eigenvalue weighted by atomic mass is 10.1. The number of nitro groups is 1. The van der Waals surface area contributed by atoms with Crippen LogP contribution in [0.15, 0.2) is 24.3 Å². The zero-order valence-corrected chi connectivity index (χ0v) is 8.01. The minimum Gasteiger partial charge on any atom is -0.465 e. The van der Waals surface area contributed by atoms with Gasteiger partial charge in [0.2, 0.25) is 0 Å². The van der Waals surface area contributed by atoms with E-state index >= 15 is 0 Å². The van der Waals surface area contributed by atoms with Gasteiger partial charge in [-0.15, -0.1) is 0 Å². The molecule has 0 spiro atoms. The minimum absolute atomic E-state index is 0.0495. The van der Waals surface area contributed by atoms with E-state index in [9.17, 15) is 14.9 Å². The van der Waals surface area contributed by atoms with E-state index in [2.05, 4.69) is 5.32 Å². The molecule has 80 valence electrons. The Kier molecular flexibility index (Phi) is 3.22. The first kappa shape index (κ1) is 11.0. The van der Waals surface area contributed by atoms with Crippen LogP contribution in [0.4, 0.5) is 10.5 Å². The highest BCUT2D eigenvalue weighted by atomic mass is 16.6. The summed E-state index contributed by atoms with van der Waals surface area (Å²) in [6.07, 6.45) is -1.16. The van der Waals surface area contributed by atoms with Crippen LogP contribution in [-0.2, 0) is 0 Å². The van der Waals surface area contributed by atoms with E-state index in [1.54, 1.807) is 13.0 Å². The molecule has 0 aromatic heterocycles. The van der Waals surface area contributed by atoms with Crippen molar-refractivity contribution < 1.29 is 14.8 Å². The topological polar surface area (TPSA) is 92.5 Å². The van der Waals surface area contributed by atoms with Crippen LogP contribution in [-0.4, -0.2) is 16.1 Å². The fourth-order valence-electron chi connectivity index (χ4n) is 1.18. The second kappa shape index (κ2) is 4.41. The molecule has 15 heavy (non-hydrogen) atoms. The molecule has 1 aromatic carbocycles. The van der Waals surface area contributed by atoms with E-state index < -0.39 is 17.1 Å². The molecule has 1 atom stereocenters. The average molecular weight is 210 g/mol. The van der Waals surface area contributed by atoms with Gasteiger partial charge in [-0.05, 0) is 12.5 Å². The van der Waals surface area contributed by atoms with Crippen LogP contribution in [0, 0.1) is 10.1 Å². The van der Waals surface area contributed by atoms with Gasteiger partial charge in [-0.3, -0.25) is 10.1 Å². The van der Waals surface area contributed by atoms with E-state index in [-0.39, 0.29) is 5.69 Å². The number of amides is 1. The van der Waals surface area contributed by atoms with Crippen LogP contribution in [0.5, 0.6) is 0 Å². The number of hydrogen-bond acceptors (Lipinski definition) is 3. The van der Waals surface area contributed by atoms with Crippen molar-refractivity contribution in [3.8, 4) is 0 Å². The van der Waals surface area contributed by atoms with Crippen LogP contribution in [0.3, 0.4) is 0 Å². The number of nitro benzene ring substituents is 1. The molecule has 0 heterocycles. The van der Waals surface area contributed by atoms with Crippen LogP contribution < -0.4 is 5.32 Å². The Morgan fingerprint density at radius 3 is 2.80 bits per heavy atom. The van der Waals surface area contributed by atoms with Crippen molar-refractivity contribution >= 4 is 11.8 Å². The molecule has 6 nitrogen and oxygen atoms in total. The number of hydrogen-bond donors (Lipinski definition) is 2. The number of nitrogens with zero attached hydrogens (tertiary/aromatic N) is 1. The average Bonchev–Trinajstić information content (AvgIpc) is 2.17. The molecule has 0 radical (unpaired) electrons. The third kappa shape index (κ3) is 2.94. The fraction of sp³-hybridized carbons (Fsp3) is 0.222. The Labute approximate surface area is 85.7 Å². The Balaban J connectivity index is 2.89. The molecule has 0 aliphatic rings. The van der Waals surface area contributed by atoms with Gasteiger partial charge in [-0.1, -0.05) is 12.1 Å². The van der Waals surface area contributed by atoms with Gasteiger partial charge in [-0.2, -0.15) is 0 Å². The second-order valence-electron chi connectivity index (χ2n) is 3.02. The smallest absolute Gasteiger partial charge is 0.405 e. The number of carboxylic acid groups (broad SMARTS) is 1. The van der Waals surface area contributed by atoms with E-state index in [4.69, 9.17) is 5.11 Å². The largest absolute Gasteiger partial charge is 0.465 e. The SMILES string of the molecule is C[C@H](NC(=O)O)c1cccc([N+](=O)[O-])c1. The summed E-state index contributed by atoms with van der Waals surface area (Å²) >= 11 is 0. The molecular formula is C9H10N2O4. The first-order chi connectivity index (χ1) is 7.00. The highest BCUT2D eigenvalue weighted by Gasteiger charge is 2.11. The summed E-state index contributed by atoms with van der Waals surface area (Å²) in [5.41, 5.74) is 0.512. The molecule has 2 N–H and O–H groups in total. The molecule has 0 saturated heterocycles. The maximum absolute atomic E-state index is 10.5. The van der Waals surface area contributed by atoms with Crippen molar-refractivity contribution in [2.24, 2.45) is 0 Å². The summed E-state index contributed by atoms with van der Waals surface area (Å²) in [7, 11) is 0. The number of rotatable bonds is 3. The number of nitrogens with one attached hydrogen (secondary N) is 1. The van der Waals surface area contributed by atoms with Gasteiger partial charge in [0.05, 0.1) is 11.0 Å². The van der Waals surface area contributed by atoms with Crippen LogP contribution in [0.2, 0.25) is 0 Å². The van der Waals surface area contributed by atoms with E-state index in [1.807, 2.05) is 0 Å². The standard InChI is InChI=1S/C9H10N2O4/c1-6(10-9(12)13)7-3-2-4-8(5-7)11(14)15/h2-6,10H,1H3,(H,12,13)/t6-/m0/s1. The van der Waals surface area contributed by atoms with E-state index in [1.165, 1.54) is 18.2 Å². The van der Waals surface area contributed by atoms with Gasteiger partial charge >= 0.3 is 6.09 Å². The Bertz CT molecular complexity index is 391. The lowest BCUT2D eigenvalue weighted by molar-refractivity contribution is -0.384. The normalized spacial score (nSPS) is 11.8. The van der Waals surface area contributed by atoms with E-state index in [0.29, 0.717) is 5.56 Å².